The molecule has 10 heteroatoms. The first kappa shape index (κ1) is 22.5. The van der Waals surface area contributed by atoms with Crippen molar-refractivity contribution in [2.24, 2.45) is 0 Å². The lowest BCUT2D eigenvalue weighted by Gasteiger charge is -2.19. The molecular formula is C26H27N7O2S+2. The van der Waals surface area contributed by atoms with E-state index in [0.29, 0.717) is 22.4 Å². The number of imidazole rings is 1. The summed E-state index contributed by atoms with van der Waals surface area (Å²) in [5, 5.41) is 3.36. The lowest BCUT2D eigenvalue weighted by molar-refractivity contribution is -0.524. The van der Waals surface area contributed by atoms with Crippen molar-refractivity contribution in [1.82, 2.24) is 19.9 Å². The first-order valence-electron chi connectivity index (χ1n) is 12.0. The van der Waals surface area contributed by atoms with Gasteiger partial charge < -0.3 is 16.0 Å². The van der Waals surface area contributed by atoms with Crippen molar-refractivity contribution < 1.29 is 14.0 Å². The lowest BCUT2D eigenvalue weighted by atomic mass is 10.1. The molecule has 36 heavy (non-hydrogen) atoms. The number of hydrogen-bond acceptors (Lipinski definition) is 5. The number of fused-ring (bicyclic) bond motifs is 1. The van der Waals surface area contributed by atoms with Gasteiger partial charge in [0.1, 0.15) is 18.1 Å². The minimum absolute atomic E-state index is 0.0491. The number of nitrogens with one attached hydrogen (secondary N) is 2. The van der Waals surface area contributed by atoms with Crippen LogP contribution in [-0.2, 0) is 16.6 Å². The molecule has 1 aromatic carbocycles. The number of rotatable bonds is 5. The molecule has 2 aliphatic heterocycles. The highest BCUT2D eigenvalue weighted by Gasteiger charge is 2.56. The molecule has 182 valence electrons. The number of nitrogen functional groups attached to an aromatic ring is 1. The molecule has 2 saturated heterocycles. The van der Waals surface area contributed by atoms with Crippen molar-refractivity contribution in [3.63, 3.8) is 0 Å². The number of carbonyl (C=O) groups is 2. The van der Waals surface area contributed by atoms with Gasteiger partial charge in [0, 0.05) is 23.9 Å². The van der Waals surface area contributed by atoms with Gasteiger partial charge in [-0.2, -0.15) is 4.40 Å². The number of amides is 2. The van der Waals surface area contributed by atoms with Crippen molar-refractivity contribution in [3.8, 4) is 11.3 Å². The molecule has 0 saturated carbocycles. The van der Waals surface area contributed by atoms with Crippen LogP contribution in [0.25, 0.3) is 16.8 Å². The third-order valence-electron chi connectivity index (χ3n) is 6.87. The van der Waals surface area contributed by atoms with Crippen LogP contribution in [0.5, 0.6) is 0 Å². The Bertz CT molecular complexity index is 1450. The Morgan fingerprint density at radius 1 is 1.17 bits per heavy atom. The second kappa shape index (κ2) is 8.94. The predicted molar refractivity (Wildman–Crippen MR) is 139 cm³/mol. The van der Waals surface area contributed by atoms with E-state index < -0.39 is 0 Å². The number of likely N-dealkylation sites (tertiary alicyclic amines) is 1. The fraction of sp³-hybridized carbons (Fsp3) is 0.269. The largest absolute Gasteiger partial charge is 0.380 e. The van der Waals surface area contributed by atoms with Crippen LogP contribution >= 0.6 is 0 Å². The summed E-state index contributed by atoms with van der Waals surface area (Å²) in [7, 11) is 0. The molecule has 2 aliphatic rings. The highest BCUT2D eigenvalue weighted by Crippen LogP contribution is 2.36. The van der Waals surface area contributed by atoms with Crippen molar-refractivity contribution in [1.29, 1.82) is 0 Å². The molecule has 0 aliphatic carbocycles. The van der Waals surface area contributed by atoms with E-state index in [4.69, 9.17) is 5.73 Å². The summed E-state index contributed by atoms with van der Waals surface area (Å²) in [4.78, 5) is 39.8. The van der Waals surface area contributed by atoms with Crippen LogP contribution in [0.4, 0.5) is 11.6 Å². The maximum absolute atomic E-state index is 13.1. The molecule has 0 radical (unpaired) electrons. The van der Waals surface area contributed by atoms with E-state index in [0.717, 1.165) is 42.0 Å². The SMILES string of the molecule is C[C@@H]1[SH+][C@H]1C(=O)N1CCC[C@H]1c1[nH]c(-c2ccc(C(=O)Nc3ccccn3)cc2)c2c(N)ncc[n+]12. The Hall–Kier alpha value is -3.92. The first-order chi connectivity index (χ1) is 17.5. The van der Waals surface area contributed by atoms with Gasteiger partial charge in [-0.3, -0.25) is 9.59 Å². The summed E-state index contributed by atoms with van der Waals surface area (Å²) >= 11 is 1.22. The van der Waals surface area contributed by atoms with E-state index in [-0.39, 0.29) is 23.1 Å². The minimum Gasteiger partial charge on any atom is -0.380 e. The third-order valence-corrected chi connectivity index (χ3v) is 8.29. The number of anilines is 2. The van der Waals surface area contributed by atoms with Crippen molar-refractivity contribution >= 4 is 40.7 Å². The van der Waals surface area contributed by atoms with Gasteiger partial charge in [-0.05, 0) is 67.9 Å². The zero-order valence-electron chi connectivity index (χ0n) is 19.8. The van der Waals surface area contributed by atoms with Crippen LogP contribution in [-0.4, -0.2) is 48.7 Å². The summed E-state index contributed by atoms with van der Waals surface area (Å²) in [6.45, 7) is 2.89. The molecule has 0 unspecified atom stereocenters. The molecule has 3 atom stereocenters. The van der Waals surface area contributed by atoms with Crippen LogP contribution < -0.4 is 15.5 Å². The molecule has 2 fully saturated rings. The van der Waals surface area contributed by atoms with E-state index in [2.05, 4.69) is 27.2 Å². The molecule has 4 aromatic rings. The molecule has 4 N–H and O–H groups in total. The number of hydrogen-bond donors (Lipinski definition) is 3. The highest BCUT2D eigenvalue weighted by atomic mass is 32.2. The number of benzene rings is 1. The molecule has 0 spiro atoms. The fourth-order valence-electron chi connectivity index (χ4n) is 4.96. The first-order valence-corrected chi connectivity index (χ1v) is 13.1. The smallest absolute Gasteiger partial charge is 0.283 e. The van der Waals surface area contributed by atoms with Crippen molar-refractivity contribution in [3.05, 3.63) is 72.4 Å². The van der Waals surface area contributed by atoms with Gasteiger partial charge in [-0.1, -0.05) is 6.07 Å². The van der Waals surface area contributed by atoms with Gasteiger partial charge >= 0.3 is 0 Å². The molecule has 0 bridgehead atoms. The normalized spacial score (nSPS) is 21.0. The molecular weight excluding hydrogens is 474 g/mol. The number of H-pyrrole nitrogens is 1. The van der Waals surface area contributed by atoms with Gasteiger partial charge in [0.25, 0.3) is 17.6 Å². The summed E-state index contributed by atoms with van der Waals surface area (Å²) in [6.07, 6.45) is 7.05. The number of aromatic amines is 1. The number of aromatic nitrogens is 4. The van der Waals surface area contributed by atoms with E-state index in [1.165, 1.54) is 11.8 Å². The van der Waals surface area contributed by atoms with Crippen LogP contribution in [0.3, 0.4) is 0 Å². The summed E-state index contributed by atoms with van der Waals surface area (Å²) < 4.78 is 2.02. The quantitative estimate of drug-likeness (QED) is 0.168. The van der Waals surface area contributed by atoms with Crippen LogP contribution in [0, 0.1) is 0 Å². The number of nitrogens with two attached hydrogens (primary N) is 1. The van der Waals surface area contributed by atoms with E-state index in [1.807, 2.05) is 33.7 Å². The van der Waals surface area contributed by atoms with Gasteiger partial charge in [0.05, 0.1) is 6.20 Å². The number of pyridine rings is 1. The van der Waals surface area contributed by atoms with Gasteiger partial charge in [0.2, 0.25) is 10.8 Å². The van der Waals surface area contributed by atoms with Crippen molar-refractivity contribution in [2.45, 2.75) is 36.3 Å². The second-order valence-electron chi connectivity index (χ2n) is 9.19. The third kappa shape index (κ3) is 3.97. The van der Waals surface area contributed by atoms with E-state index >= 15 is 0 Å². The summed E-state index contributed by atoms with van der Waals surface area (Å²) in [6, 6.07) is 12.6. The molecule has 6 rings (SSSR count). The lowest BCUT2D eigenvalue weighted by Crippen LogP contribution is -2.39. The molecule has 9 nitrogen and oxygen atoms in total. The monoisotopic (exact) mass is 501 g/mol. The summed E-state index contributed by atoms with van der Waals surface area (Å²) in [5.41, 5.74) is 9.30. The number of carbonyl (C=O) groups excluding carboxylic acids is 2. The molecule has 2 amide bonds. The van der Waals surface area contributed by atoms with Crippen LogP contribution in [0.1, 0.15) is 42.0 Å². The van der Waals surface area contributed by atoms with Crippen LogP contribution in [0.2, 0.25) is 0 Å². The Balaban J connectivity index is 1.34. The molecule has 3 aromatic heterocycles. The maximum atomic E-state index is 13.1. The van der Waals surface area contributed by atoms with Gasteiger partial charge in [-0.25, -0.2) is 15.0 Å². The average molecular weight is 502 g/mol. The Labute approximate surface area is 212 Å². The minimum atomic E-state index is -0.235. The zero-order chi connectivity index (χ0) is 24.8. The average Bonchev–Trinajstić information content (AvgIpc) is 3.27. The fourth-order valence-corrected chi connectivity index (χ4v) is 5.77. The van der Waals surface area contributed by atoms with Gasteiger partial charge in [-0.15, -0.1) is 0 Å². The topological polar surface area (TPSA) is 121 Å². The Morgan fingerprint density at radius 3 is 2.69 bits per heavy atom. The Morgan fingerprint density at radius 2 is 1.97 bits per heavy atom. The predicted octanol–water partition coefficient (Wildman–Crippen LogP) is 2.29. The number of thiol groups is 1. The van der Waals surface area contributed by atoms with E-state index in [1.54, 1.807) is 36.7 Å². The van der Waals surface area contributed by atoms with Gasteiger partial charge in [0.15, 0.2) is 16.8 Å². The Kier molecular flexibility index (Phi) is 5.60. The standard InChI is InChI=1S/C26H25N7O2S/c1-15-22(36-15)26(35)32-13-4-5-18(32)24-31-20(21-23(27)29-12-14-33(21)24)16-7-9-17(10-8-16)25(34)30-19-6-2-3-11-28-19/h2-3,6-12,14-15,18,22H,4-5,13H2,1H3,(H3,27,28,29,30,34)/p+2/t15-,18-,22+/m0/s1. The highest BCUT2D eigenvalue weighted by molar-refractivity contribution is 7.88. The summed E-state index contributed by atoms with van der Waals surface area (Å²) in [5.74, 6) is 1.82. The van der Waals surface area contributed by atoms with Crippen LogP contribution in [0.15, 0.2) is 61.1 Å². The zero-order valence-corrected chi connectivity index (χ0v) is 20.7. The van der Waals surface area contributed by atoms with E-state index in [9.17, 15) is 9.59 Å². The number of nitrogens with zero attached hydrogens (tertiary/aromatic N) is 4. The molecule has 5 heterocycles. The second-order valence-corrected chi connectivity index (χ2v) is 10.9. The maximum Gasteiger partial charge on any atom is 0.283 e. The van der Waals surface area contributed by atoms with Crippen molar-refractivity contribution in [2.75, 3.05) is 17.6 Å².